The lowest BCUT2D eigenvalue weighted by molar-refractivity contribution is -0.119. The van der Waals surface area contributed by atoms with Crippen LogP contribution in [0.2, 0.25) is 0 Å². The second-order valence-electron chi connectivity index (χ2n) is 6.71. The van der Waals surface area contributed by atoms with Crippen molar-refractivity contribution in [3.63, 3.8) is 0 Å². The Kier molecular flexibility index (Phi) is 4.91. The van der Waals surface area contributed by atoms with E-state index >= 15 is 0 Å². The SMILES string of the molecule is C[C@H](Nc1cccc(NS(C)(=O)=O)c1)C(=O)N1c2ccccc2C[C@@H]1C. The molecule has 7 heteroatoms. The summed E-state index contributed by atoms with van der Waals surface area (Å²) in [5, 5.41) is 3.17. The smallest absolute Gasteiger partial charge is 0.249 e. The molecule has 1 amide bonds. The Morgan fingerprint density at radius 1 is 1.15 bits per heavy atom. The Morgan fingerprint density at radius 3 is 2.58 bits per heavy atom. The predicted molar refractivity (Wildman–Crippen MR) is 105 cm³/mol. The summed E-state index contributed by atoms with van der Waals surface area (Å²) in [6, 6.07) is 14.5. The maximum Gasteiger partial charge on any atom is 0.249 e. The van der Waals surface area contributed by atoms with Gasteiger partial charge in [-0.25, -0.2) is 8.42 Å². The van der Waals surface area contributed by atoms with E-state index in [1.165, 1.54) is 5.56 Å². The lowest BCUT2D eigenvalue weighted by Crippen LogP contribution is -2.44. The second kappa shape index (κ2) is 6.99. The number of hydrogen-bond acceptors (Lipinski definition) is 4. The van der Waals surface area contributed by atoms with E-state index in [0.29, 0.717) is 11.4 Å². The molecule has 2 aromatic carbocycles. The number of nitrogens with zero attached hydrogens (tertiary/aromatic N) is 1. The van der Waals surface area contributed by atoms with Crippen LogP contribution in [0.1, 0.15) is 19.4 Å². The van der Waals surface area contributed by atoms with Crippen LogP contribution < -0.4 is 14.9 Å². The van der Waals surface area contributed by atoms with Gasteiger partial charge < -0.3 is 10.2 Å². The van der Waals surface area contributed by atoms with Gasteiger partial charge in [-0.3, -0.25) is 9.52 Å². The molecule has 2 atom stereocenters. The van der Waals surface area contributed by atoms with E-state index in [4.69, 9.17) is 0 Å². The summed E-state index contributed by atoms with van der Waals surface area (Å²) in [4.78, 5) is 14.8. The summed E-state index contributed by atoms with van der Waals surface area (Å²) in [5.41, 5.74) is 3.28. The van der Waals surface area contributed by atoms with Gasteiger partial charge in [0.15, 0.2) is 0 Å². The predicted octanol–water partition coefficient (Wildman–Crippen LogP) is 2.84. The number of carbonyl (C=O) groups is 1. The van der Waals surface area contributed by atoms with Crippen LogP contribution in [0.15, 0.2) is 48.5 Å². The van der Waals surface area contributed by atoms with Crippen LogP contribution in [0.4, 0.5) is 17.1 Å². The largest absolute Gasteiger partial charge is 0.374 e. The first kappa shape index (κ1) is 18.3. The van der Waals surface area contributed by atoms with Gasteiger partial charge >= 0.3 is 0 Å². The number of rotatable bonds is 5. The van der Waals surface area contributed by atoms with Gasteiger partial charge in [-0.15, -0.1) is 0 Å². The molecule has 0 fully saturated rings. The number of nitrogens with one attached hydrogen (secondary N) is 2. The summed E-state index contributed by atoms with van der Waals surface area (Å²) < 4.78 is 25.2. The monoisotopic (exact) mass is 373 g/mol. The van der Waals surface area contributed by atoms with E-state index in [0.717, 1.165) is 18.4 Å². The van der Waals surface area contributed by atoms with Crippen molar-refractivity contribution in [3.8, 4) is 0 Å². The molecule has 0 aliphatic carbocycles. The quantitative estimate of drug-likeness (QED) is 0.845. The van der Waals surface area contributed by atoms with Gasteiger partial charge in [0.25, 0.3) is 0 Å². The molecule has 3 rings (SSSR count). The van der Waals surface area contributed by atoms with Crippen molar-refractivity contribution in [2.75, 3.05) is 21.2 Å². The molecule has 2 N–H and O–H groups in total. The Balaban J connectivity index is 1.75. The highest BCUT2D eigenvalue weighted by atomic mass is 32.2. The van der Waals surface area contributed by atoms with E-state index < -0.39 is 16.1 Å². The number of fused-ring (bicyclic) bond motifs is 1. The average Bonchev–Trinajstić information content (AvgIpc) is 2.88. The third-order valence-electron chi connectivity index (χ3n) is 4.36. The molecule has 1 aliphatic rings. The molecular weight excluding hydrogens is 350 g/mol. The minimum Gasteiger partial charge on any atom is -0.374 e. The zero-order valence-electron chi connectivity index (χ0n) is 15.1. The van der Waals surface area contributed by atoms with E-state index in [1.807, 2.05) is 36.9 Å². The summed E-state index contributed by atoms with van der Waals surface area (Å²) in [7, 11) is -3.35. The standard InChI is InChI=1S/C19H23N3O3S/c1-13-11-15-7-4-5-10-18(15)22(13)19(23)14(2)20-16-8-6-9-17(12-16)21-26(3,24)25/h4-10,12-14,20-21H,11H2,1-3H3/t13-,14-/m0/s1. The van der Waals surface area contributed by atoms with Crippen LogP contribution in [-0.2, 0) is 21.2 Å². The first-order valence-electron chi connectivity index (χ1n) is 8.50. The van der Waals surface area contributed by atoms with Crippen molar-refractivity contribution < 1.29 is 13.2 Å². The zero-order valence-corrected chi connectivity index (χ0v) is 15.9. The second-order valence-corrected chi connectivity index (χ2v) is 8.46. The van der Waals surface area contributed by atoms with E-state index in [-0.39, 0.29) is 11.9 Å². The minimum absolute atomic E-state index is 0.0103. The van der Waals surface area contributed by atoms with Gasteiger partial charge in [0.2, 0.25) is 15.9 Å². The van der Waals surface area contributed by atoms with Gasteiger partial charge in [0.05, 0.1) is 11.9 Å². The highest BCUT2D eigenvalue weighted by molar-refractivity contribution is 7.92. The fourth-order valence-electron chi connectivity index (χ4n) is 3.31. The molecule has 138 valence electrons. The number of sulfonamides is 1. The van der Waals surface area contributed by atoms with Crippen molar-refractivity contribution in [1.29, 1.82) is 0 Å². The Labute approximate surface area is 154 Å². The molecule has 6 nitrogen and oxygen atoms in total. The number of para-hydroxylation sites is 1. The van der Waals surface area contributed by atoms with E-state index in [9.17, 15) is 13.2 Å². The topological polar surface area (TPSA) is 78.5 Å². The summed E-state index contributed by atoms with van der Waals surface area (Å²) in [5.74, 6) is -0.0103. The lowest BCUT2D eigenvalue weighted by Gasteiger charge is -2.27. The Morgan fingerprint density at radius 2 is 1.85 bits per heavy atom. The van der Waals surface area contributed by atoms with Crippen LogP contribution in [0, 0.1) is 0 Å². The highest BCUT2D eigenvalue weighted by Gasteiger charge is 2.32. The molecule has 26 heavy (non-hydrogen) atoms. The fraction of sp³-hybridized carbons (Fsp3) is 0.316. The molecular formula is C19H23N3O3S. The summed E-state index contributed by atoms with van der Waals surface area (Å²) in [6.45, 7) is 3.86. The van der Waals surface area contributed by atoms with Crippen molar-refractivity contribution >= 4 is 33.0 Å². The van der Waals surface area contributed by atoms with Crippen LogP contribution in [-0.4, -0.2) is 32.7 Å². The van der Waals surface area contributed by atoms with Crippen molar-refractivity contribution in [3.05, 3.63) is 54.1 Å². The lowest BCUT2D eigenvalue weighted by atomic mass is 10.1. The summed E-state index contributed by atoms with van der Waals surface area (Å²) in [6.07, 6.45) is 1.95. The van der Waals surface area contributed by atoms with Crippen molar-refractivity contribution in [2.45, 2.75) is 32.4 Å². The van der Waals surface area contributed by atoms with Crippen molar-refractivity contribution in [1.82, 2.24) is 0 Å². The molecule has 1 heterocycles. The zero-order chi connectivity index (χ0) is 18.9. The number of carbonyl (C=O) groups excluding carboxylic acids is 1. The number of amides is 1. The third-order valence-corrected chi connectivity index (χ3v) is 4.97. The van der Waals surface area contributed by atoms with Gasteiger partial charge in [-0.2, -0.15) is 0 Å². The van der Waals surface area contributed by atoms with Crippen molar-refractivity contribution in [2.24, 2.45) is 0 Å². The molecule has 0 saturated heterocycles. The molecule has 1 aliphatic heterocycles. The highest BCUT2D eigenvalue weighted by Crippen LogP contribution is 2.32. The van der Waals surface area contributed by atoms with Crippen LogP contribution >= 0.6 is 0 Å². The molecule has 0 bridgehead atoms. The Hall–Kier alpha value is -2.54. The first-order valence-corrected chi connectivity index (χ1v) is 10.4. The van der Waals surface area contributed by atoms with Gasteiger partial charge in [0, 0.05) is 17.4 Å². The van der Waals surface area contributed by atoms with Gasteiger partial charge in [0.1, 0.15) is 6.04 Å². The molecule has 0 spiro atoms. The number of hydrogen-bond donors (Lipinski definition) is 2. The molecule has 0 saturated carbocycles. The maximum atomic E-state index is 13.0. The fourth-order valence-corrected chi connectivity index (χ4v) is 3.86. The Bertz CT molecular complexity index is 927. The van der Waals surface area contributed by atoms with Crippen LogP contribution in [0.5, 0.6) is 0 Å². The molecule has 0 aromatic heterocycles. The molecule has 2 aromatic rings. The average molecular weight is 373 g/mol. The summed E-state index contributed by atoms with van der Waals surface area (Å²) >= 11 is 0. The maximum absolute atomic E-state index is 13.0. The van der Waals surface area contributed by atoms with E-state index in [1.54, 1.807) is 24.3 Å². The normalized spacial score (nSPS) is 17.5. The van der Waals surface area contributed by atoms with Crippen LogP contribution in [0.3, 0.4) is 0 Å². The van der Waals surface area contributed by atoms with Crippen LogP contribution in [0.25, 0.3) is 0 Å². The van der Waals surface area contributed by atoms with E-state index in [2.05, 4.69) is 16.1 Å². The van der Waals surface area contributed by atoms with Gasteiger partial charge in [-0.1, -0.05) is 24.3 Å². The third kappa shape index (κ3) is 3.99. The minimum atomic E-state index is -3.35. The molecule has 0 unspecified atom stereocenters. The molecule has 0 radical (unpaired) electrons. The first-order chi connectivity index (χ1) is 12.2. The number of benzene rings is 2. The van der Waals surface area contributed by atoms with Gasteiger partial charge in [-0.05, 0) is 50.1 Å². The number of anilines is 3.